The van der Waals surface area contributed by atoms with Gasteiger partial charge in [-0.1, -0.05) is 54.6 Å². The fraction of sp³-hybridized carbons (Fsp3) is 0.0833. The van der Waals surface area contributed by atoms with E-state index in [1.54, 1.807) is 0 Å². The molecular formula is C24H19NO3S. The molecule has 0 saturated carbocycles. The van der Waals surface area contributed by atoms with Crippen molar-refractivity contribution in [1.82, 2.24) is 4.98 Å². The minimum absolute atomic E-state index is 0.0773. The maximum Gasteiger partial charge on any atom is 0.307 e. The van der Waals surface area contributed by atoms with Gasteiger partial charge in [0, 0.05) is 0 Å². The fourth-order valence-corrected chi connectivity index (χ4v) is 3.94. The Balaban J connectivity index is 1.54. The van der Waals surface area contributed by atoms with Gasteiger partial charge in [-0.05, 0) is 47.0 Å². The number of aromatic nitrogens is 1. The summed E-state index contributed by atoms with van der Waals surface area (Å²) in [4.78, 5) is 16.0. The average molecular weight is 401 g/mol. The minimum atomic E-state index is -0.877. The molecule has 144 valence electrons. The first-order valence-corrected chi connectivity index (χ1v) is 10.0. The molecule has 29 heavy (non-hydrogen) atoms. The Morgan fingerprint density at radius 3 is 2.41 bits per heavy atom. The number of ether oxygens (including phenoxy) is 1. The van der Waals surface area contributed by atoms with Gasteiger partial charge in [-0.3, -0.25) is 4.79 Å². The molecule has 0 spiro atoms. The van der Waals surface area contributed by atoms with Crippen molar-refractivity contribution in [2.24, 2.45) is 0 Å². The molecule has 0 unspecified atom stereocenters. The Bertz CT molecular complexity index is 1110. The third kappa shape index (κ3) is 4.89. The molecule has 0 saturated heterocycles. The summed E-state index contributed by atoms with van der Waals surface area (Å²) >= 11 is 1.51. The zero-order valence-corrected chi connectivity index (χ0v) is 16.4. The predicted molar refractivity (Wildman–Crippen MR) is 117 cm³/mol. The maximum atomic E-state index is 11.4. The largest absolute Gasteiger partial charge is 0.489 e. The van der Waals surface area contributed by atoms with E-state index in [4.69, 9.17) is 4.74 Å². The van der Waals surface area contributed by atoms with Crippen LogP contribution in [0.25, 0.3) is 21.9 Å². The summed E-state index contributed by atoms with van der Waals surface area (Å²) < 4.78 is 6.86. The molecule has 5 heteroatoms. The number of hydrogen-bond donors (Lipinski definition) is 1. The van der Waals surface area contributed by atoms with Gasteiger partial charge in [0.25, 0.3) is 0 Å². The van der Waals surface area contributed by atoms with Crippen LogP contribution in [-0.4, -0.2) is 16.1 Å². The third-order valence-electron chi connectivity index (χ3n) is 4.38. The lowest BCUT2D eigenvalue weighted by Gasteiger charge is -2.07. The summed E-state index contributed by atoms with van der Waals surface area (Å²) in [5.41, 5.74) is 3.59. The molecule has 0 aliphatic carbocycles. The van der Waals surface area contributed by atoms with E-state index in [2.05, 4.69) is 4.98 Å². The molecule has 0 fully saturated rings. The highest BCUT2D eigenvalue weighted by Crippen LogP contribution is 2.30. The molecule has 1 N–H and O–H groups in total. The topological polar surface area (TPSA) is 59.4 Å². The van der Waals surface area contributed by atoms with E-state index >= 15 is 0 Å². The van der Waals surface area contributed by atoms with Crippen LogP contribution < -0.4 is 4.74 Å². The van der Waals surface area contributed by atoms with E-state index in [-0.39, 0.29) is 6.42 Å². The molecule has 0 amide bonds. The van der Waals surface area contributed by atoms with Crippen LogP contribution in [0.15, 0.2) is 78.9 Å². The lowest BCUT2D eigenvalue weighted by molar-refractivity contribution is -0.135. The van der Waals surface area contributed by atoms with E-state index < -0.39 is 5.97 Å². The number of nitrogens with zero attached hydrogens (tertiary/aromatic N) is 1. The second-order valence-electron chi connectivity index (χ2n) is 6.57. The Morgan fingerprint density at radius 1 is 0.966 bits per heavy atom. The lowest BCUT2D eigenvalue weighted by Crippen LogP contribution is -1.97. The number of rotatable bonds is 7. The second kappa shape index (κ2) is 8.71. The Hall–Kier alpha value is -3.44. The van der Waals surface area contributed by atoms with Crippen molar-refractivity contribution in [3.63, 3.8) is 0 Å². The summed E-state index contributed by atoms with van der Waals surface area (Å²) in [6.07, 6.45) is 1.80. The quantitative estimate of drug-likeness (QED) is 0.419. The SMILES string of the molecule is O=C(O)C/C(=C/c1ccc(OCc2ccccc2)cc1)c1nc2ccccc2s1. The maximum absolute atomic E-state index is 11.4. The van der Waals surface area contributed by atoms with Gasteiger partial charge in [-0.25, -0.2) is 4.98 Å². The summed E-state index contributed by atoms with van der Waals surface area (Å²) in [5, 5.41) is 10.1. The highest BCUT2D eigenvalue weighted by atomic mass is 32.1. The van der Waals surface area contributed by atoms with E-state index in [9.17, 15) is 9.90 Å². The van der Waals surface area contributed by atoms with Crippen LogP contribution in [0.2, 0.25) is 0 Å². The first kappa shape index (κ1) is 18.9. The molecule has 4 aromatic rings. The van der Waals surface area contributed by atoms with Crippen molar-refractivity contribution >= 4 is 39.2 Å². The molecule has 1 heterocycles. The van der Waals surface area contributed by atoms with Gasteiger partial charge in [-0.2, -0.15) is 0 Å². The first-order chi connectivity index (χ1) is 14.2. The van der Waals surface area contributed by atoms with Crippen molar-refractivity contribution in [3.05, 3.63) is 95.0 Å². The molecule has 0 aliphatic rings. The molecule has 4 rings (SSSR count). The van der Waals surface area contributed by atoms with Gasteiger partial charge in [0.05, 0.1) is 16.6 Å². The number of para-hydroxylation sites is 1. The van der Waals surface area contributed by atoms with Crippen LogP contribution in [0, 0.1) is 0 Å². The number of aliphatic carboxylic acids is 1. The van der Waals surface area contributed by atoms with Crippen LogP contribution >= 0.6 is 11.3 Å². The molecule has 0 radical (unpaired) electrons. The number of carbonyl (C=O) groups is 1. The Labute approximate surface area is 172 Å². The molecule has 3 aromatic carbocycles. The summed E-state index contributed by atoms with van der Waals surface area (Å²) in [6, 6.07) is 25.4. The zero-order valence-electron chi connectivity index (χ0n) is 15.6. The lowest BCUT2D eigenvalue weighted by atomic mass is 10.1. The third-order valence-corrected chi connectivity index (χ3v) is 5.49. The van der Waals surface area contributed by atoms with E-state index in [1.165, 1.54) is 11.3 Å². The van der Waals surface area contributed by atoms with Crippen LogP contribution in [-0.2, 0) is 11.4 Å². The average Bonchev–Trinajstić information content (AvgIpc) is 3.17. The number of thiazole rings is 1. The summed E-state index contributed by atoms with van der Waals surface area (Å²) in [7, 11) is 0. The molecule has 4 nitrogen and oxygen atoms in total. The van der Waals surface area contributed by atoms with Gasteiger partial charge in [0.1, 0.15) is 17.4 Å². The van der Waals surface area contributed by atoms with Crippen LogP contribution in [0.5, 0.6) is 5.75 Å². The molecular weight excluding hydrogens is 382 g/mol. The van der Waals surface area contributed by atoms with Crippen LogP contribution in [0.3, 0.4) is 0 Å². The first-order valence-electron chi connectivity index (χ1n) is 9.22. The van der Waals surface area contributed by atoms with Crippen molar-refractivity contribution in [2.45, 2.75) is 13.0 Å². The van der Waals surface area contributed by atoms with Crippen LogP contribution in [0.1, 0.15) is 22.6 Å². The summed E-state index contributed by atoms with van der Waals surface area (Å²) in [5.74, 6) is -0.107. The van der Waals surface area contributed by atoms with Gasteiger partial charge >= 0.3 is 5.97 Å². The van der Waals surface area contributed by atoms with Crippen molar-refractivity contribution in [3.8, 4) is 5.75 Å². The smallest absolute Gasteiger partial charge is 0.307 e. The van der Waals surface area contributed by atoms with Crippen molar-refractivity contribution in [1.29, 1.82) is 0 Å². The number of benzene rings is 3. The van der Waals surface area contributed by atoms with Gasteiger partial charge in [0.15, 0.2) is 0 Å². The second-order valence-corrected chi connectivity index (χ2v) is 7.60. The normalized spacial score (nSPS) is 11.5. The summed E-state index contributed by atoms with van der Waals surface area (Å²) in [6.45, 7) is 0.506. The van der Waals surface area contributed by atoms with Crippen molar-refractivity contribution < 1.29 is 14.6 Å². The van der Waals surface area contributed by atoms with Gasteiger partial charge in [0.2, 0.25) is 0 Å². The van der Waals surface area contributed by atoms with E-state index in [0.29, 0.717) is 12.2 Å². The number of carboxylic acids is 1. The highest BCUT2D eigenvalue weighted by Gasteiger charge is 2.12. The number of hydrogen-bond acceptors (Lipinski definition) is 4. The van der Waals surface area contributed by atoms with E-state index in [0.717, 1.165) is 32.1 Å². The molecule has 0 aliphatic heterocycles. The highest BCUT2D eigenvalue weighted by molar-refractivity contribution is 7.19. The van der Waals surface area contributed by atoms with E-state index in [1.807, 2.05) is 84.9 Å². The Morgan fingerprint density at radius 2 is 1.69 bits per heavy atom. The Kier molecular flexibility index (Phi) is 5.68. The molecule has 0 bridgehead atoms. The van der Waals surface area contributed by atoms with Gasteiger partial charge in [-0.15, -0.1) is 11.3 Å². The number of carboxylic acid groups (broad SMARTS) is 1. The predicted octanol–water partition coefficient (Wildman–Crippen LogP) is 5.89. The minimum Gasteiger partial charge on any atom is -0.489 e. The molecule has 0 atom stereocenters. The standard InChI is InChI=1S/C24H19NO3S/c26-23(27)15-19(24-25-21-8-4-5-9-22(21)29-24)14-17-10-12-20(13-11-17)28-16-18-6-2-1-3-7-18/h1-14H,15-16H2,(H,26,27)/b19-14-. The van der Waals surface area contributed by atoms with Crippen LogP contribution in [0.4, 0.5) is 0 Å². The van der Waals surface area contributed by atoms with Crippen molar-refractivity contribution in [2.75, 3.05) is 0 Å². The molecule has 1 aromatic heterocycles. The van der Waals surface area contributed by atoms with Gasteiger partial charge < -0.3 is 9.84 Å². The monoisotopic (exact) mass is 401 g/mol. The zero-order chi connectivity index (χ0) is 20.1. The fourth-order valence-electron chi connectivity index (χ4n) is 2.96. The number of fused-ring (bicyclic) bond motifs is 1.